The highest BCUT2D eigenvalue weighted by atomic mass is 32.2. The minimum atomic E-state index is -0.236. The number of fused-ring (bicyclic) bond motifs is 1. The molecule has 3 atom stereocenters. The molecule has 0 aliphatic carbocycles. The van der Waals surface area contributed by atoms with Crippen LogP contribution in [0.4, 0.5) is 4.79 Å². The lowest BCUT2D eigenvalue weighted by atomic mass is 10.0. The van der Waals surface area contributed by atoms with E-state index in [4.69, 9.17) is 9.26 Å². The predicted molar refractivity (Wildman–Crippen MR) is 136 cm³/mol. The number of nitrogens with zero attached hydrogens (tertiary/aromatic N) is 1. The fourth-order valence-electron chi connectivity index (χ4n) is 4.31. The summed E-state index contributed by atoms with van der Waals surface area (Å²) in [5.41, 5.74) is 1.20. The minimum absolute atomic E-state index is 0.0614. The molecule has 2 aliphatic rings. The Kier molecular flexibility index (Phi) is 9.47. The number of rotatable bonds is 14. The predicted octanol–water partition coefficient (Wildman–Crippen LogP) is 3.96. The van der Waals surface area contributed by atoms with E-state index in [1.165, 1.54) is 0 Å². The molecule has 2 saturated heterocycles. The lowest BCUT2D eigenvalue weighted by Crippen LogP contribution is -2.36. The van der Waals surface area contributed by atoms with Crippen molar-refractivity contribution in [3.63, 3.8) is 0 Å². The van der Waals surface area contributed by atoms with E-state index >= 15 is 0 Å². The first kappa shape index (κ1) is 25.6. The maximum absolute atomic E-state index is 12.2. The van der Waals surface area contributed by atoms with Crippen molar-refractivity contribution in [2.75, 3.05) is 18.9 Å². The van der Waals surface area contributed by atoms with E-state index in [-0.39, 0.29) is 35.7 Å². The number of hydrogen-bond donors (Lipinski definition) is 3. The Labute approximate surface area is 213 Å². The van der Waals surface area contributed by atoms with E-state index in [0.717, 1.165) is 56.3 Å². The molecular formula is C24H32N4O5S2. The van der Waals surface area contributed by atoms with Gasteiger partial charge in [0.15, 0.2) is 11.5 Å². The Morgan fingerprint density at radius 1 is 1.17 bits per heavy atom. The van der Waals surface area contributed by atoms with Crippen LogP contribution in [0, 0.1) is 0 Å². The van der Waals surface area contributed by atoms with E-state index in [1.54, 1.807) is 17.4 Å². The van der Waals surface area contributed by atoms with Crippen molar-refractivity contribution < 1.29 is 23.6 Å². The molecule has 0 radical (unpaired) electrons. The molecule has 190 valence electrons. The second-order valence-electron chi connectivity index (χ2n) is 8.85. The van der Waals surface area contributed by atoms with Crippen molar-refractivity contribution in [1.29, 1.82) is 0 Å². The number of thiophene rings is 1. The zero-order valence-electron chi connectivity index (χ0n) is 19.6. The molecule has 3 amide bonds. The van der Waals surface area contributed by atoms with Gasteiger partial charge in [0, 0.05) is 41.0 Å². The van der Waals surface area contributed by atoms with E-state index in [2.05, 4.69) is 21.1 Å². The van der Waals surface area contributed by atoms with Gasteiger partial charge in [-0.25, -0.2) is 4.79 Å². The standard InChI is InChI=1S/C24H32N4O5S2/c29-21(8-4-3-7-20-22-18(15-35-20)26-24(31)27-22)32-11-6-2-1-5-10-25-23(30)17-13-19(33-28-17)16-9-12-34-14-16/h9,12-14,18,20,22H,1-8,10-11,15H2,(H,25,30)(H2,26,27,31). The van der Waals surface area contributed by atoms with Gasteiger partial charge < -0.3 is 25.2 Å². The van der Waals surface area contributed by atoms with Crippen molar-refractivity contribution >= 4 is 41.0 Å². The fraction of sp³-hybridized carbons (Fsp3) is 0.583. The van der Waals surface area contributed by atoms with Crippen molar-refractivity contribution in [3.05, 3.63) is 28.6 Å². The minimum Gasteiger partial charge on any atom is -0.466 e. The maximum Gasteiger partial charge on any atom is 0.315 e. The van der Waals surface area contributed by atoms with Crippen LogP contribution in [0.1, 0.15) is 61.9 Å². The van der Waals surface area contributed by atoms with Gasteiger partial charge in [-0.15, -0.1) is 0 Å². The molecule has 2 aromatic heterocycles. The summed E-state index contributed by atoms with van der Waals surface area (Å²) in [6, 6.07) is 3.98. The van der Waals surface area contributed by atoms with Gasteiger partial charge in [0.1, 0.15) is 0 Å². The molecular weight excluding hydrogens is 488 g/mol. The highest BCUT2D eigenvalue weighted by Crippen LogP contribution is 2.33. The number of urea groups is 1. The van der Waals surface area contributed by atoms with Crippen LogP contribution in [-0.4, -0.2) is 59.3 Å². The van der Waals surface area contributed by atoms with Crippen LogP contribution in [-0.2, 0) is 9.53 Å². The lowest BCUT2D eigenvalue weighted by molar-refractivity contribution is -0.143. The number of carbonyl (C=O) groups is 3. The number of thioether (sulfide) groups is 1. The molecule has 0 aromatic carbocycles. The van der Waals surface area contributed by atoms with Gasteiger partial charge in [-0.2, -0.15) is 23.1 Å². The Morgan fingerprint density at radius 3 is 2.91 bits per heavy atom. The Bertz CT molecular complexity index is 980. The zero-order chi connectivity index (χ0) is 24.5. The molecule has 4 rings (SSSR count). The molecule has 2 fully saturated rings. The van der Waals surface area contributed by atoms with Crippen LogP contribution >= 0.6 is 23.1 Å². The Morgan fingerprint density at radius 2 is 2.06 bits per heavy atom. The van der Waals surface area contributed by atoms with Crippen LogP contribution in [0.2, 0.25) is 0 Å². The SMILES string of the molecule is O=C1NC2CSC(CCCCC(=O)OCCCCCCNC(=O)c3cc(-c4ccsc4)on3)C2N1. The summed E-state index contributed by atoms with van der Waals surface area (Å²) in [6.45, 7) is 1.01. The summed E-state index contributed by atoms with van der Waals surface area (Å²) in [6.07, 6.45) is 6.78. The van der Waals surface area contributed by atoms with Crippen molar-refractivity contribution in [2.45, 2.75) is 68.7 Å². The quantitative estimate of drug-likeness (QED) is 0.196. The van der Waals surface area contributed by atoms with E-state index < -0.39 is 0 Å². The monoisotopic (exact) mass is 520 g/mol. The summed E-state index contributed by atoms with van der Waals surface area (Å²) in [5.74, 6) is 1.18. The molecule has 3 unspecified atom stereocenters. The van der Waals surface area contributed by atoms with Gasteiger partial charge in [0.05, 0.1) is 18.7 Å². The first-order chi connectivity index (χ1) is 17.1. The molecule has 11 heteroatoms. The lowest BCUT2D eigenvalue weighted by Gasteiger charge is -2.16. The van der Waals surface area contributed by atoms with Crippen molar-refractivity contribution in [3.8, 4) is 11.3 Å². The first-order valence-electron chi connectivity index (χ1n) is 12.2. The number of hydrogen-bond acceptors (Lipinski definition) is 8. The second-order valence-corrected chi connectivity index (χ2v) is 10.9. The molecule has 35 heavy (non-hydrogen) atoms. The second kappa shape index (κ2) is 13.0. The topological polar surface area (TPSA) is 123 Å². The average Bonchev–Trinajstić information content (AvgIpc) is 3.63. The van der Waals surface area contributed by atoms with Gasteiger partial charge >= 0.3 is 12.0 Å². The molecule has 2 aliphatic heterocycles. The van der Waals surface area contributed by atoms with Crippen LogP contribution in [0.5, 0.6) is 0 Å². The van der Waals surface area contributed by atoms with Crippen LogP contribution < -0.4 is 16.0 Å². The summed E-state index contributed by atoms with van der Waals surface area (Å²) < 4.78 is 10.6. The summed E-state index contributed by atoms with van der Waals surface area (Å²) in [7, 11) is 0. The van der Waals surface area contributed by atoms with E-state index in [0.29, 0.717) is 30.6 Å². The molecule has 9 nitrogen and oxygen atoms in total. The number of esters is 1. The van der Waals surface area contributed by atoms with E-state index in [9.17, 15) is 14.4 Å². The maximum atomic E-state index is 12.2. The third kappa shape index (κ3) is 7.47. The summed E-state index contributed by atoms with van der Waals surface area (Å²) in [5, 5.41) is 17.0. The number of carbonyl (C=O) groups excluding carboxylic acids is 3. The van der Waals surface area contributed by atoms with Crippen LogP contribution in [0.3, 0.4) is 0 Å². The average molecular weight is 521 g/mol. The third-order valence-corrected chi connectivity index (χ3v) is 8.42. The number of nitrogens with one attached hydrogen (secondary N) is 3. The highest BCUT2D eigenvalue weighted by molar-refractivity contribution is 8.00. The molecule has 0 saturated carbocycles. The summed E-state index contributed by atoms with van der Waals surface area (Å²) >= 11 is 3.46. The number of unbranched alkanes of at least 4 members (excludes halogenated alkanes) is 4. The fourth-order valence-corrected chi connectivity index (χ4v) is 6.50. The molecule has 0 bridgehead atoms. The number of amides is 3. The smallest absolute Gasteiger partial charge is 0.315 e. The van der Waals surface area contributed by atoms with Gasteiger partial charge in [-0.05, 0) is 43.6 Å². The van der Waals surface area contributed by atoms with Gasteiger partial charge in [-0.3, -0.25) is 9.59 Å². The Hall–Kier alpha value is -2.53. The molecule has 2 aromatic rings. The van der Waals surface area contributed by atoms with E-state index in [1.807, 2.05) is 28.6 Å². The van der Waals surface area contributed by atoms with Crippen molar-refractivity contribution in [2.24, 2.45) is 0 Å². The first-order valence-corrected chi connectivity index (χ1v) is 14.2. The van der Waals surface area contributed by atoms with Crippen molar-refractivity contribution in [1.82, 2.24) is 21.1 Å². The van der Waals surface area contributed by atoms with Crippen LogP contribution in [0.15, 0.2) is 27.4 Å². The largest absolute Gasteiger partial charge is 0.466 e. The number of ether oxygens (including phenoxy) is 1. The normalized spacial score (nSPS) is 20.8. The summed E-state index contributed by atoms with van der Waals surface area (Å²) in [4.78, 5) is 35.5. The molecule has 4 heterocycles. The van der Waals surface area contributed by atoms with Crippen LogP contribution in [0.25, 0.3) is 11.3 Å². The number of aromatic nitrogens is 1. The van der Waals surface area contributed by atoms with Gasteiger partial charge in [0.2, 0.25) is 0 Å². The zero-order valence-corrected chi connectivity index (χ0v) is 21.3. The Balaban J connectivity index is 0.963. The third-order valence-electron chi connectivity index (χ3n) is 6.23. The molecule has 3 N–H and O–H groups in total. The van der Waals surface area contributed by atoms with Gasteiger partial charge in [0.25, 0.3) is 5.91 Å². The van der Waals surface area contributed by atoms with Gasteiger partial charge in [-0.1, -0.05) is 18.0 Å². The highest BCUT2D eigenvalue weighted by Gasteiger charge is 2.42. The molecule has 0 spiro atoms.